The summed E-state index contributed by atoms with van der Waals surface area (Å²) in [7, 11) is 3.02. The number of nitrogens with one attached hydrogen (secondary N) is 4. The Morgan fingerprint density at radius 3 is 2.79 bits per heavy atom. The summed E-state index contributed by atoms with van der Waals surface area (Å²) in [4.78, 5) is 18.0. The van der Waals surface area contributed by atoms with Gasteiger partial charge in [0, 0.05) is 43.7 Å². The average molecular weight is 577 g/mol. The number of carbonyl (C=O) groups excluding carboxylic acids is 1. The molecule has 0 unspecified atom stereocenters. The number of rotatable bonds is 13. The number of benzene rings is 1. The first-order valence-electron chi connectivity index (χ1n) is 13.9. The van der Waals surface area contributed by atoms with E-state index in [9.17, 15) is 4.79 Å². The van der Waals surface area contributed by atoms with Crippen LogP contribution in [0.25, 0.3) is 11.3 Å². The maximum absolute atomic E-state index is 15.2. The van der Waals surface area contributed by atoms with E-state index in [1.54, 1.807) is 19.3 Å². The van der Waals surface area contributed by atoms with E-state index in [4.69, 9.17) is 14.5 Å². The summed E-state index contributed by atoms with van der Waals surface area (Å²) in [5.41, 5.74) is 10.8. The van der Waals surface area contributed by atoms with Crippen LogP contribution >= 0.6 is 0 Å². The number of pyridine rings is 1. The highest BCUT2D eigenvalue weighted by Gasteiger charge is 2.27. The van der Waals surface area contributed by atoms with Crippen LogP contribution in [-0.2, 0) is 29.0 Å². The minimum Gasteiger partial charge on any atom is -0.494 e. The van der Waals surface area contributed by atoms with E-state index in [1.165, 1.54) is 48.2 Å². The number of hydrogen-bond donors (Lipinski definition) is 4. The van der Waals surface area contributed by atoms with Crippen LogP contribution in [0.5, 0.6) is 5.75 Å². The first-order valence-corrected chi connectivity index (χ1v) is 13.9. The van der Waals surface area contributed by atoms with Crippen LogP contribution in [0.15, 0.2) is 48.8 Å². The summed E-state index contributed by atoms with van der Waals surface area (Å²) in [6, 6.07) is 5.41. The molecule has 2 fully saturated rings. The Morgan fingerprint density at radius 2 is 2.10 bits per heavy atom. The summed E-state index contributed by atoms with van der Waals surface area (Å²) in [5, 5.41) is 17.0. The third-order valence-corrected chi connectivity index (χ3v) is 7.42. The second-order valence-electron chi connectivity index (χ2n) is 10.5. The lowest BCUT2D eigenvalue weighted by atomic mass is 9.97. The van der Waals surface area contributed by atoms with Gasteiger partial charge in [0.15, 0.2) is 11.6 Å². The molecule has 1 aromatic carbocycles. The molecule has 4 N–H and O–H groups in total. The van der Waals surface area contributed by atoms with Crippen molar-refractivity contribution < 1.29 is 18.7 Å². The lowest BCUT2D eigenvalue weighted by Gasteiger charge is -2.26. The molecule has 42 heavy (non-hydrogen) atoms. The van der Waals surface area contributed by atoms with E-state index in [2.05, 4.69) is 53.7 Å². The Morgan fingerprint density at radius 1 is 1.24 bits per heavy atom. The van der Waals surface area contributed by atoms with Gasteiger partial charge in [0.05, 0.1) is 38.2 Å². The van der Waals surface area contributed by atoms with E-state index < -0.39 is 11.7 Å². The molecule has 3 aromatic heterocycles. The number of aromatic nitrogens is 6. The fourth-order valence-electron chi connectivity index (χ4n) is 5.05. The minimum atomic E-state index is -0.614. The number of carbonyl (C=O) groups is 1. The predicted octanol–water partition coefficient (Wildman–Crippen LogP) is 1.50. The second-order valence-corrected chi connectivity index (χ2v) is 10.5. The molecule has 1 saturated heterocycles. The molecule has 6 rings (SSSR count). The van der Waals surface area contributed by atoms with Crippen molar-refractivity contribution in [1.29, 1.82) is 0 Å². The Balaban J connectivity index is 1.15. The molecule has 1 saturated carbocycles. The van der Waals surface area contributed by atoms with Gasteiger partial charge in [0.2, 0.25) is 0 Å². The Hall–Kier alpha value is -4.56. The number of hydrazine groups is 1. The fraction of sp³-hybridized carbons (Fsp3) is 0.393. The van der Waals surface area contributed by atoms with E-state index in [-0.39, 0.29) is 23.6 Å². The van der Waals surface area contributed by atoms with Crippen molar-refractivity contribution in [1.82, 2.24) is 51.1 Å². The predicted molar refractivity (Wildman–Crippen MR) is 150 cm³/mol. The van der Waals surface area contributed by atoms with E-state index in [1.807, 2.05) is 6.20 Å². The van der Waals surface area contributed by atoms with Crippen LogP contribution in [-0.4, -0.2) is 62.9 Å². The molecule has 1 amide bonds. The van der Waals surface area contributed by atoms with Crippen LogP contribution in [0.2, 0.25) is 0 Å². The monoisotopic (exact) mass is 576 g/mol. The first kappa shape index (κ1) is 27.6. The van der Waals surface area contributed by atoms with Crippen LogP contribution in [0.1, 0.15) is 41.1 Å². The topological polar surface area (TPSA) is 145 Å². The minimum absolute atomic E-state index is 0.0442. The number of halogens is 1. The summed E-state index contributed by atoms with van der Waals surface area (Å²) in [6.07, 6.45) is 10.5. The number of fused-ring (bicyclic) bond motifs is 1. The summed E-state index contributed by atoms with van der Waals surface area (Å²) >= 11 is 0. The molecule has 13 nitrogen and oxygen atoms in total. The van der Waals surface area contributed by atoms with Crippen molar-refractivity contribution in [3.05, 3.63) is 77.0 Å². The lowest BCUT2D eigenvalue weighted by Crippen LogP contribution is -2.38. The smallest absolute Gasteiger partial charge is 0.270 e. The Bertz CT molecular complexity index is 1600. The number of methoxy groups -OCH3 is 1. The number of amides is 1. The molecule has 4 aromatic rings. The summed E-state index contributed by atoms with van der Waals surface area (Å²) in [6.45, 7) is 1.87. The van der Waals surface area contributed by atoms with Gasteiger partial charge in [-0.1, -0.05) is 6.07 Å². The largest absolute Gasteiger partial charge is 0.494 e. The third-order valence-electron chi connectivity index (χ3n) is 7.42. The maximum atomic E-state index is 15.2. The average Bonchev–Trinajstić information content (AvgIpc) is 3.51. The van der Waals surface area contributed by atoms with Gasteiger partial charge in [-0.15, -0.1) is 5.10 Å². The van der Waals surface area contributed by atoms with Crippen molar-refractivity contribution >= 4 is 11.6 Å². The number of ether oxygens (including phenoxy) is 2. The van der Waals surface area contributed by atoms with Gasteiger partial charge in [0.25, 0.3) is 5.91 Å². The van der Waals surface area contributed by atoms with Gasteiger partial charge in [-0.25, -0.2) is 19.5 Å². The molecule has 4 heterocycles. The van der Waals surface area contributed by atoms with E-state index in [0.29, 0.717) is 24.1 Å². The van der Waals surface area contributed by atoms with Gasteiger partial charge in [-0.3, -0.25) is 4.79 Å². The molecular weight excluding hydrogens is 543 g/mol. The number of nitrogens with zero attached hydrogens (tertiary/aromatic N) is 6. The highest BCUT2D eigenvalue weighted by molar-refractivity contribution is 5.92. The standard InChI is InChI=1S/C28H33FN10O3/c1-30-35-23(28(40)32-10-22-24(39-16-33-36-37-39)5-6-25(41-2)26(22)29)11-31-9-21-13-38-12-20(18-3-4-18)8-19(27(38)34-21)7-17-14-42-15-17/h5-6,8,11-13,16-18,30-31,35H,3-4,7,9-10,14-15H2,1-2H3,(H,32,40)/b23-11-. The van der Waals surface area contributed by atoms with Gasteiger partial charge in [-0.2, -0.15) is 0 Å². The molecule has 2 aliphatic rings. The molecule has 14 heteroatoms. The van der Waals surface area contributed by atoms with Crippen molar-refractivity contribution in [3.63, 3.8) is 0 Å². The molecule has 0 spiro atoms. The quantitative estimate of drug-likeness (QED) is 0.137. The third kappa shape index (κ3) is 5.90. The normalized spacial score (nSPS) is 15.5. The summed E-state index contributed by atoms with van der Waals surface area (Å²) in [5.74, 6) is 0.142. The van der Waals surface area contributed by atoms with Crippen LogP contribution in [0.4, 0.5) is 4.39 Å². The highest BCUT2D eigenvalue weighted by Crippen LogP contribution is 2.41. The van der Waals surface area contributed by atoms with Crippen molar-refractivity contribution in [2.75, 3.05) is 27.4 Å². The highest BCUT2D eigenvalue weighted by atomic mass is 19.1. The van der Waals surface area contributed by atoms with Crippen molar-refractivity contribution in [2.45, 2.75) is 38.3 Å². The number of imidazole rings is 1. The van der Waals surface area contributed by atoms with Gasteiger partial charge in [0.1, 0.15) is 17.7 Å². The van der Waals surface area contributed by atoms with E-state index >= 15 is 4.39 Å². The van der Waals surface area contributed by atoms with Crippen molar-refractivity contribution in [3.8, 4) is 11.4 Å². The molecule has 220 valence electrons. The number of hydrogen-bond acceptors (Lipinski definition) is 10. The Kier molecular flexibility index (Phi) is 7.97. The van der Waals surface area contributed by atoms with Gasteiger partial charge < -0.3 is 29.9 Å². The zero-order valence-electron chi connectivity index (χ0n) is 23.4. The maximum Gasteiger partial charge on any atom is 0.270 e. The first-order chi connectivity index (χ1) is 20.5. The van der Waals surface area contributed by atoms with Crippen LogP contribution in [0, 0.1) is 11.7 Å². The fourth-order valence-corrected chi connectivity index (χ4v) is 5.05. The van der Waals surface area contributed by atoms with Crippen molar-refractivity contribution in [2.24, 2.45) is 5.92 Å². The SMILES string of the molecule is CNN/C(=C\NCc1cn2cc(C3CC3)cc(CC3COC3)c2n1)C(=O)NCc1c(-n2cnnn2)ccc(OC)c1F. The molecule has 0 radical (unpaired) electrons. The zero-order chi connectivity index (χ0) is 29.1. The molecule has 0 bridgehead atoms. The molecule has 1 aliphatic carbocycles. The van der Waals surface area contributed by atoms with Crippen LogP contribution < -0.4 is 26.2 Å². The summed E-state index contributed by atoms with van der Waals surface area (Å²) < 4.78 is 29.1. The molecule has 0 atom stereocenters. The molecular formula is C28H33FN10O3. The second kappa shape index (κ2) is 12.1. The van der Waals surface area contributed by atoms with Gasteiger partial charge >= 0.3 is 0 Å². The lowest BCUT2D eigenvalue weighted by molar-refractivity contribution is -0.118. The zero-order valence-corrected chi connectivity index (χ0v) is 23.4. The molecule has 1 aliphatic heterocycles. The van der Waals surface area contributed by atoms with Crippen LogP contribution in [0.3, 0.4) is 0 Å². The van der Waals surface area contributed by atoms with E-state index in [0.717, 1.165) is 31.0 Å². The van der Waals surface area contributed by atoms with Gasteiger partial charge in [-0.05, 0) is 58.9 Å². The number of tetrazole rings is 1. The Labute approximate surface area is 241 Å².